The lowest BCUT2D eigenvalue weighted by atomic mass is 9.91. The van der Waals surface area contributed by atoms with Crippen molar-refractivity contribution in [2.24, 2.45) is 0 Å². The Morgan fingerprint density at radius 3 is 2.53 bits per heavy atom. The Balaban J connectivity index is 1.40. The molecule has 1 aliphatic rings. The monoisotopic (exact) mass is 506 g/mol. The van der Waals surface area contributed by atoms with Crippen LogP contribution in [0.5, 0.6) is 0 Å². The molecule has 0 radical (unpaired) electrons. The van der Waals surface area contributed by atoms with Crippen LogP contribution in [-0.4, -0.2) is 27.6 Å². The van der Waals surface area contributed by atoms with E-state index in [1.165, 1.54) is 35.6 Å². The first-order valence-corrected chi connectivity index (χ1v) is 12.9. The smallest absolute Gasteiger partial charge is 0.262 e. The van der Waals surface area contributed by atoms with Gasteiger partial charge < -0.3 is 9.42 Å². The topological polar surface area (TPSA) is 63.6 Å². The molecule has 6 nitrogen and oxygen atoms in total. The average molecular weight is 507 g/mol. The van der Waals surface area contributed by atoms with Crippen molar-refractivity contribution < 1.29 is 13.3 Å². The maximum Gasteiger partial charge on any atom is 0.262 e. The minimum absolute atomic E-state index is 0.0713. The van der Waals surface area contributed by atoms with Gasteiger partial charge in [-0.25, -0.2) is 18.2 Å². The van der Waals surface area contributed by atoms with Gasteiger partial charge in [-0.15, -0.1) is 0 Å². The van der Waals surface area contributed by atoms with Gasteiger partial charge in [0.1, 0.15) is 16.6 Å². The molecule has 9 heteroatoms. The second-order valence-electron chi connectivity index (χ2n) is 9.18. The van der Waals surface area contributed by atoms with Crippen molar-refractivity contribution in [3.05, 3.63) is 81.4 Å². The molecule has 3 aromatic heterocycles. The molecular weight excluding hydrogens is 482 g/mol. The van der Waals surface area contributed by atoms with E-state index in [0.717, 1.165) is 59.0 Å². The molecule has 184 valence electrons. The van der Waals surface area contributed by atoms with Crippen molar-refractivity contribution in [1.29, 1.82) is 0 Å². The van der Waals surface area contributed by atoms with Crippen molar-refractivity contribution in [2.45, 2.75) is 39.0 Å². The summed E-state index contributed by atoms with van der Waals surface area (Å²) in [5.41, 5.74) is 4.21. The Bertz CT molecular complexity index is 1650. The molecule has 1 aliphatic heterocycles. The summed E-state index contributed by atoms with van der Waals surface area (Å²) < 4.78 is 34.4. The molecule has 4 heterocycles. The third-order valence-electron chi connectivity index (χ3n) is 7.07. The number of fused-ring (bicyclic) bond motifs is 2. The number of hydrogen-bond donors (Lipinski definition) is 0. The molecule has 0 saturated carbocycles. The molecule has 0 aliphatic carbocycles. The fraction of sp³-hybridized carbons (Fsp3) is 0.296. The standard InChI is InChI=1S/C27H24F2N4O2S/c1-3-20-15(2)30-27-33(25(20)34)24(17-4-6-18(28)7-5-17)26(36-27)32-12-10-16(11-13-32)23-21-9-8-19(29)14-22(21)35-31-23/h4-9,14,16H,3,10-13H2,1-2H3. The van der Waals surface area contributed by atoms with Crippen molar-refractivity contribution in [1.82, 2.24) is 14.5 Å². The van der Waals surface area contributed by atoms with E-state index in [-0.39, 0.29) is 23.1 Å². The van der Waals surface area contributed by atoms with Gasteiger partial charge in [0.15, 0.2) is 10.5 Å². The maximum atomic E-state index is 13.7. The highest BCUT2D eigenvalue weighted by atomic mass is 32.1. The van der Waals surface area contributed by atoms with Gasteiger partial charge in [-0.1, -0.05) is 23.4 Å². The minimum Gasteiger partial charge on any atom is -0.362 e. The number of benzene rings is 2. The van der Waals surface area contributed by atoms with Gasteiger partial charge in [0, 0.05) is 47.3 Å². The highest BCUT2D eigenvalue weighted by molar-refractivity contribution is 7.21. The molecule has 0 amide bonds. The normalized spacial score (nSPS) is 14.8. The van der Waals surface area contributed by atoms with Gasteiger partial charge in [-0.05, 0) is 62.6 Å². The Hall–Kier alpha value is -3.59. The highest BCUT2D eigenvalue weighted by Crippen LogP contribution is 2.41. The van der Waals surface area contributed by atoms with Crippen LogP contribution < -0.4 is 10.5 Å². The summed E-state index contributed by atoms with van der Waals surface area (Å²) in [5, 5.41) is 6.06. The lowest BCUT2D eigenvalue weighted by Gasteiger charge is -2.32. The maximum absolute atomic E-state index is 13.7. The van der Waals surface area contributed by atoms with Gasteiger partial charge in [-0.2, -0.15) is 0 Å². The van der Waals surface area contributed by atoms with Gasteiger partial charge in [0.25, 0.3) is 5.56 Å². The van der Waals surface area contributed by atoms with E-state index in [2.05, 4.69) is 10.1 Å². The van der Waals surface area contributed by atoms with Gasteiger partial charge in [0.2, 0.25) is 0 Å². The van der Waals surface area contributed by atoms with Crippen molar-refractivity contribution in [3.63, 3.8) is 0 Å². The second kappa shape index (κ2) is 8.81. The lowest BCUT2D eigenvalue weighted by molar-refractivity contribution is 0.416. The van der Waals surface area contributed by atoms with Crippen LogP contribution in [0.3, 0.4) is 0 Å². The predicted molar refractivity (Wildman–Crippen MR) is 137 cm³/mol. The van der Waals surface area contributed by atoms with Crippen molar-refractivity contribution >= 4 is 32.3 Å². The molecule has 1 saturated heterocycles. The summed E-state index contributed by atoms with van der Waals surface area (Å²) in [6.45, 7) is 5.32. The first kappa shape index (κ1) is 22.8. The number of thiazole rings is 1. The molecule has 5 aromatic rings. The third-order valence-corrected chi connectivity index (χ3v) is 8.17. The summed E-state index contributed by atoms with van der Waals surface area (Å²) in [4.78, 5) is 21.1. The summed E-state index contributed by atoms with van der Waals surface area (Å²) in [6, 6.07) is 10.8. The number of rotatable bonds is 4. The SMILES string of the molecule is CCc1c(C)nc2sc(N3CCC(c4noc5cc(F)ccc45)CC3)c(-c3ccc(F)cc3)n2c1=O. The number of halogens is 2. The van der Waals surface area contributed by atoms with E-state index in [9.17, 15) is 13.6 Å². The van der Waals surface area contributed by atoms with Crippen LogP contribution in [0.15, 0.2) is 51.8 Å². The Kier molecular flexibility index (Phi) is 5.59. The summed E-state index contributed by atoms with van der Waals surface area (Å²) >= 11 is 1.49. The molecule has 0 bridgehead atoms. The number of piperidine rings is 1. The van der Waals surface area contributed by atoms with Crippen LogP contribution in [-0.2, 0) is 6.42 Å². The van der Waals surface area contributed by atoms with E-state index in [0.29, 0.717) is 22.5 Å². The number of hydrogen-bond acceptors (Lipinski definition) is 6. The molecule has 0 unspecified atom stereocenters. The second-order valence-corrected chi connectivity index (χ2v) is 10.1. The molecule has 6 rings (SSSR count). The van der Waals surface area contributed by atoms with Gasteiger partial charge in [0.05, 0.1) is 11.4 Å². The number of anilines is 1. The summed E-state index contributed by atoms with van der Waals surface area (Å²) in [5.74, 6) is -0.481. The molecule has 2 aromatic carbocycles. The first-order valence-electron chi connectivity index (χ1n) is 12.0. The minimum atomic E-state index is -0.344. The average Bonchev–Trinajstić information content (AvgIpc) is 3.46. The first-order chi connectivity index (χ1) is 17.4. The molecule has 0 spiro atoms. The fourth-order valence-electron chi connectivity index (χ4n) is 5.20. The van der Waals surface area contributed by atoms with Crippen molar-refractivity contribution in [3.8, 4) is 11.3 Å². The van der Waals surface area contributed by atoms with Crippen LogP contribution in [0.4, 0.5) is 13.8 Å². The molecule has 0 atom stereocenters. The molecular formula is C27H24F2N4O2S. The number of aryl methyl sites for hydroxylation is 1. The Morgan fingerprint density at radius 2 is 1.81 bits per heavy atom. The molecule has 36 heavy (non-hydrogen) atoms. The van der Waals surface area contributed by atoms with E-state index >= 15 is 0 Å². The molecule has 0 N–H and O–H groups in total. The zero-order chi connectivity index (χ0) is 25.0. The van der Waals surface area contributed by atoms with Crippen LogP contribution in [0.25, 0.3) is 27.2 Å². The van der Waals surface area contributed by atoms with Crippen LogP contribution in [0.2, 0.25) is 0 Å². The van der Waals surface area contributed by atoms with Crippen LogP contribution >= 0.6 is 11.3 Å². The number of aromatic nitrogens is 3. The van der Waals surface area contributed by atoms with Crippen LogP contribution in [0, 0.1) is 18.6 Å². The van der Waals surface area contributed by atoms with E-state index in [1.807, 2.05) is 13.8 Å². The molecule has 1 fully saturated rings. The van der Waals surface area contributed by atoms with Gasteiger partial charge >= 0.3 is 0 Å². The quantitative estimate of drug-likeness (QED) is 0.295. The van der Waals surface area contributed by atoms with Gasteiger partial charge in [-0.3, -0.25) is 4.79 Å². The van der Waals surface area contributed by atoms with E-state index < -0.39 is 0 Å². The Labute approximate surface area is 209 Å². The highest BCUT2D eigenvalue weighted by Gasteiger charge is 2.29. The summed E-state index contributed by atoms with van der Waals surface area (Å²) in [6.07, 6.45) is 2.25. The number of nitrogens with zero attached hydrogens (tertiary/aromatic N) is 4. The zero-order valence-corrected chi connectivity index (χ0v) is 20.7. The van der Waals surface area contributed by atoms with E-state index in [1.54, 1.807) is 22.6 Å². The largest absolute Gasteiger partial charge is 0.362 e. The predicted octanol–water partition coefficient (Wildman–Crippen LogP) is 6.10. The lowest BCUT2D eigenvalue weighted by Crippen LogP contribution is -2.33. The van der Waals surface area contributed by atoms with Crippen molar-refractivity contribution in [2.75, 3.05) is 18.0 Å². The van der Waals surface area contributed by atoms with Crippen LogP contribution in [0.1, 0.15) is 42.6 Å². The van der Waals surface area contributed by atoms with E-state index in [4.69, 9.17) is 9.51 Å². The summed E-state index contributed by atoms with van der Waals surface area (Å²) in [7, 11) is 0. The Morgan fingerprint density at radius 1 is 1.08 bits per heavy atom. The zero-order valence-electron chi connectivity index (χ0n) is 19.9. The fourth-order valence-corrected chi connectivity index (χ4v) is 6.44. The third kappa shape index (κ3) is 3.69.